The molecule has 1 aromatic carbocycles. The lowest BCUT2D eigenvalue weighted by Crippen LogP contribution is -2.41. The van der Waals surface area contributed by atoms with E-state index in [4.69, 9.17) is 4.74 Å². The molecule has 0 bridgehead atoms. The minimum Gasteiger partial charge on any atom is -0.496 e. The minimum atomic E-state index is -3.80. The monoisotopic (exact) mass is 327 g/mol. The number of imide groups is 1. The van der Waals surface area contributed by atoms with Gasteiger partial charge in [-0.05, 0) is 37.1 Å². The van der Waals surface area contributed by atoms with Crippen molar-refractivity contribution in [2.45, 2.75) is 24.8 Å². The Morgan fingerprint density at radius 2 is 1.91 bits per heavy atom. The maximum absolute atomic E-state index is 12.4. The van der Waals surface area contributed by atoms with Crippen LogP contribution in [-0.2, 0) is 14.8 Å². The van der Waals surface area contributed by atoms with Crippen LogP contribution in [0.2, 0.25) is 0 Å². The number of carbonyl (C=O) groups is 2. The Morgan fingerprint density at radius 1 is 1.23 bits per heavy atom. The van der Waals surface area contributed by atoms with Gasteiger partial charge < -0.3 is 10.1 Å². The fraction of sp³-hybridized carbons (Fsp3) is 0.385. The summed E-state index contributed by atoms with van der Waals surface area (Å²) < 4.78 is 32.2. The van der Waals surface area contributed by atoms with E-state index >= 15 is 0 Å². The summed E-state index contributed by atoms with van der Waals surface area (Å²) in [5.41, 5.74) is 1.20. The van der Waals surface area contributed by atoms with Gasteiger partial charge in [-0.2, -0.15) is 0 Å². The second-order valence-electron chi connectivity index (χ2n) is 4.95. The highest BCUT2D eigenvalue weighted by Gasteiger charge is 2.31. The van der Waals surface area contributed by atoms with Crippen LogP contribution in [0.3, 0.4) is 0 Å². The summed E-state index contributed by atoms with van der Waals surface area (Å²) in [6.45, 7) is 3.17. The SMILES string of the molecule is COc1cc(C)c(S(=O)(=O)NCC2NC(=O)NC2=O)cc1C. The summed E-state index contributed by atoms with van der Waals surface area (Å²) in [5, 5.41) is 4.36. The predicted molar refractivity (Wildman–Crippen MR) is 78.1 cm³/mol. The molecule has 9 heteroatoms. The number of benzene rings is 1. The molecule has 1 unspecified atom stereocenters. The largest absolute Gasteiger partial charge is 0.496 e. The van der Waals surface area contributed by atoms with Gasteiger partial charge in [0, 0.05) is 6.54 Å². The molecule has 1 aliphatic heterocycles. The number of carbonyl (C=O) groups excluding carboxylic acids is 2. The van der Waals surface area contributed by atoms with E-state index in [9.17, 15) is 18.0 Å². The molecule has 120 valence electrons. The number of hydrogen-bond acceptors (Lipinski definition) is 5. The molecule has 0 aliphatic carbocycles. The first-order valence-electron chi connectivity index (χ1n) is 6.51. The molecule has 1 saturated heterocycles. The van der Waals surface area contributed by atoms with Gasteiger partial charge in [-0.15, -0.1) is 0 Å². The molecule has 0 saturated carbocycles. The number of amides is 3. The fourth-order valence-electron chi connectivity index (χ4n) is 2.15. The van der Waals surface area contributed by atoms with Crippen LogP contribution in [0.5, 0.6) is 5.75 Å². The van der Waals surface area contributed by atoms with Crippen molar-refractivity contribution >= 4 is 22.0 Å². The molecular formula is C13H17N3O5S. The Balaban J connectivity index is 2.19. The Bertz CT molecular complexity index is 729. The third-order valence-electron chi connectivity index (χ3n) is 3.32. The number of aryl methyl sites for hydroxylation is 2. The standard InChI is InChI=1S/C13H17N3O5S/c1-7-5-11(8(2)4-10(7)21-3)22(19,20)14-6-9-12(17)16-13(18)15-9/h4-5,9,14H,6H2,1-3H3,(H2,15,16,17,18). The van der Waals surface area contributed by atoms with E-state index in [1.54, 1.807) is 19.9 Å². The fourth-order valence-corrected chi connectivity index (χ4v) is 3.50. The highest BCUT2D eigenvalue weighted by Crippen LogP contribution is 2.25. The molecule has 3 N–H and O–H groups in total. The lowest BCUT2D eigenvalue weighted by atomic mass is 10.1. The minimum absolute atomic E-state index is 0.107. The predicted octanol–water partition coefficient (Wildman–Crippen LogP) is -0.202. The molecule has 8 nitrogen and oxygen atoms in total. The van der Waals surface area contributed by atoms with Crippen LogP contribution in [0.4, 0.5) is 4.79 Å². The van der Waals surface area contributed by atoms with Gasteiger partial charge >= 0.3 is 6.03 Å². The quantitative estimate of drug-likeness (QED) is 0.648. The van der Waals surface area contributed by atoms with E-state index in [1.165, 1.54) is 13.2 Å². The van der Waals surface area contributed by atoms with E-state index in [0.29, 0.717) is 16.9 Å². The van der Waals surface area contributed by atoms with Crippen molar-refractivity contribution in [2.75, 3.05) is 13.7 Å². The number of sulfonamides is 1. The first-order valence-corrected chi connectivity index (χ1v) is 7.99. The summed E-state index contributed by atoms with van der Waals surface area (Å²) >= 11 is 0. The lowest BCUT2D eigenvalue weighted by Gasteiger charge is -2.14. The molecule has 0 radical (unpaired) electrons. The van der Waals surface area contributed by atoms with Gasteiger partial charge in [0.25, 0.3) is 5.91 Å². The molecule has 1 atom stereocenters. The van der Waals surface area contributed by atoms with Crippen LogP contribution >= 0.6 is 0 Å². The molecule has 0 aromatic heterocycles. The summed E-state index contributed by atoms with van der Waals surface area (Å²) in [5.74, 6) is 0.0363. The third-order valence-corrected chi connectivity index (χ3v) is 4.88. The maximum Gasteiger partial charge on any atom is 0.322 e. The Kier molecular flexibility index (Phi) is 4.38. The summed E-state index contributed by atoms with van der Waals surface area (Å²) in [4.78, 5) is 22.5. The Hall–Kier alpha value is -2.13. The van der Waals surface area contributed by atoms with Crippen LogP contribution in [0.15, 0.2) is 17.0 Å². The molecule has 3 amide bonds. The molecule has 22 heavy (non-hydrogen) atoms. The van der Waals surface area contributed by atoms with Gasteiger partial charge in [-0.3, -0.25) is 10.1 Å². The van der Waals surface area contributed by atoms with Crippen LogP contribution in [0, 0.1) is 13.8 Å². The highest BCUT2D eigenvalue weighted by molar-refractivity contribution is 7.89. The average Bonchev–Trinajstić information content (AvgIpc) is 2.76. The zero-order chi connectivity index (χ0) is 16.5. The number of nitrogens with one attached hydrogen (secondary N) is 3. The van der Waals surface area contributed by atoms with Crippen LogP contribution in [0.25, 0.3) is 0 Å². The maximum atomic E-state index is 12.4. The van der Waals surface area contributed by atoms with Gasteiger partial charge in [0.2, 0.25) is 10.0 Å². The lowest BCUT2D eigenvalue weighted by molar-refractivity contribution is -0.120. The van der Waals surface area contributed by atoms with Gasteiger partial charge in [-0.1, -0.05) is 0 Å². The van der Waals surface area contributed by atoms with Gasteiger partial charge in [0.05, 0.1) is 12.0 Å². The van der Waals surface area contributed by atoms with Crippen LogP contribution < -0.4 is 20.1 Å². The summed E-state index contributed by atoms with van der Waals surface area (Å²) in [6, 6.07) is 1.59. The average molecular weight is 327 g/mol. The Morgan fingerprint density at radius 3 is 2.45 bits per heavy atom. The smallest absolute Gasteiger partial charge is 0.322 e. The molecular weight excluding hydrogens is 310 g/mol. The number of urea groups is 1. The van der Waals surface area contributed by atoms with E-state index in [0.717, 1.165) is 0 Å². The molecule has 1 fully saturated rings. The van der Waals surface area contributed by atoms with Crippen molar-refractivity contribution in [3.63, 3.8) is 0 Å². The highest BCUT2D eigenvalue weighted by atomic mass is 32.2. The molecule has 0 spiro atoms. The van der Waals surface area contributed by atoms with Gasteiger partial charge in [-0.25, -0.2) is 17.9 Å². The molecule has 1 aliphatic rings. The zero-order valence-electron chi connectivity index (χ0n) is 12.4. The molecule has 1 heterocycles. The van der Waals surface area contributed by atoms with Crippen molar-refractivity contribution in [1.82, 2.24) is 15.4 Å². The number of rotatable bonds is 5. The van der Waals surface area contributed by atoms with Gasteiger partial charge in [0.15, 0.2) is 0 Å². The molecule has 2 rings (SSSR count). The first kappa shape index (κ1) is 16.2. The number of hydrogen-bond donors (Lipinski definition) is 3. The van der Waals surface area contributed by atoms with Crippen LogP contribution in [0.1, 0.15) is 11.1 Å². The second kappa shape index (κ2) is 5.93. The number of ether oxygens (including phenoxy) is 1. The first-order chi connectivity index (χ1) is 10.2. The van der Waals surface area contributed by atoms with Gasteiger partial charge in [0.1, 0.15) is 11.8 Å². The van der Waals surface area contributed by atoms with Crippen molar-refractivity contribution in [3.05, 3.63) is 23.3 Å². The second-order valence-corrected chi connectivity index (χ2v) is 6.69. The van der Waals surface area contributed by atoms with E-state index in [1.807, 2.05) is 5.32 Å². The van der Waals surface area contributed by atoms with E-state index in [-0.39, 0.29) is 11.4 Å². The van der Waals surface area contributed by atoms with E-state index in [2.05, 4.69) is 10.0 Å². The van der Waals surface area contributed by atoms with Crippen molar-refractivity contribution in [2.24, 2.45) is 0 Å². The topological polar surface area (TPSA) is 114 Å². The third kappa shape index (κ3) is 3.20. The summed E-state index contributed by atoms with van der Waals surface area (Å²) in [6.07, 6.45) is 0. The molecule has 1 aromatic rings. The van der Waals surface area contributed by atoms with E-state index < -0.39 is 28.0 Å². The Labute approximate surface area is 128 Å². The van der Waals surface area contributed by atoms with Crippen molar-refractivity contribution < 1.29 is 22.7 Å². The normalized spacial score (nSPS) is 18.0. The van der Waals surface area contributed by atoms with Crippen molar-refractivity contribution in [3.8, 4) is 5.75 Å². The van der Waals surface area contributed by atoms with Crippen molar-refractivity contribution in [1.29, 1.82) is 0 Å². The zero-order valence-corrected chi connectivity index (χ0v) is 13.2. The van der Waals surface area contributed by atoms with Crippen LogP contribution in [-0.4, -0.2) is 40.1 Å². The number of methoxy groups -OCH3 is 1. The summed E-state index contributed by atoms with van der Waals surface area (Å²) in [7, 11) is -2.29.